The van der Waals surface area contributed by atoms with Gasteiger partial charge in [-0.2, -0.15) is 0 Å². The standard InChI is InChI=1S/C28H37N5O2/c1-21(20-34)27(14-15-29-3)31-22(2)25-13-16-30-26(19-25)12-9-23-7-10-24(11-8-23)28(35)33(6)18-17-32(4)5/h7-13,16,19-20,29,31H,2,14-15,17-18H2,1,3-6H3/b12-9+,27-21+. The van der Waals surface area contributed by atoms with E-state index in [4.69, 9.17) is 0 Å². The molecule has 1 aromatic carbocycles. The van der Waals surface area contributed by atoms with Crippen LogP contribution in [0.25, 0.3) is 17.8 Å². The molecule has 1 amide bonds. The first-order valence-electron chi connectivity index (χ1n) is 11.7. The molecular weight excluding hydrogens is 438 g/mol. The summed E-state index contributed by atoms with van der Waals surface area (Å²) in [5.74, 6) is 0.00992. The Hall–Kier alpha value is -3.55. The van der Waals surface area contributed by atoms with Crippen LogP contribution in [0.4, 0.5) is 0 Å². The summed E-state index contributed by atoms with van der Waals surface area (Å²) in [6, 6.07) is 11.4. The summed E-state index contributed by atoms with van der Waals surface area (Å²) >= 11 is 0. The number of likely N-dealkylation sites (N-methyl/N-ethyl adjacent to an activating group) is 2. The van der Waals surface area contributed by atoms with Gasteiger partial charge in [-0.05, 0) is 64.0 Å². The van der Waals surface area contributed by atoms with Crippen LogP contribution in [-0.2, 0) is 4.79 Å². The Morgan fingerprint density at radius 1 is 1.06 bits per heavy atom. The second-order valence-corrected chi connectivity index (χ2v) is 8.69. The highest BCUT2D eigenvalue weighted by Crippen LogP contribution is 2.16. The van der Waals surface area contributed by atoms with Crippen molar-refractivity contribution >= 4 is 30.0 Å². The molecular formula is C28H37N5O2. The van der Waals surface area contributed by atoms with Crippen molar-refractivity contribution in [2.24, 2.45) is 0 Å². The number of hydrogen-bond acceptors (Lipinski definition) is 6. The van der Waals surface area contributed by atoms with Crippen molar-refractivity contribution in [3.8, 4) is 0 Å². The number of pyridine rings is 1. The van der Waals surface area contributed by atoms with Gasteiger partial charge in [0.25, 0.3) is 5.91 Å². The molecule has 0 saturated carbocycles. The highest BCUT2D eigenvalue weighted by molar-refractivity contribution is 5.94. The van der Waals surface area contributed by atoms with Gasteiger partial charge in [0, 0.05) is 67.4 Å². The molecule has 0 bridgehead atoms. The maximum atomic E-state index is 12.6. The lowest BCUT2D eigenvalue weighted by atomic mass is 10.1. The molecule has 186 valence electrons. The van der Waals surface area contributed by atoms with Gasteiger partial charge in [0.2, 0.25) is 0 Å². The van der Waals surface area contributed by atoms with Gasteiger partial charge in [-0.1, -0.05) is 24.8 Å². The van der Waals surface area contributed by atoms with Gasteiger partial charge in [0.05, 0.1) is 5.69 Å². The van der Waals surface area contributed by atoms with Crippen molar-refractivity contribution in [1.29, 1.82) is 0 Å². The maximum Gasteiger partial charge on any atom is 0.253 e. The summed E-state index contributed by atoms with van der Waals surface area (Å²) in [5.41, 5.74) is 5.51. The van der Waals surface area contributed by atoms with Crippen LogP contribution in [0.1, 0.15) is 40.5 Å². The Morgan fingerprint density at radius 2 is 1.77 bits per heavy atom. The molecule has 35 heavy (non-hydrogen) atoms. The van der Waals surface area contributed by atoms with E-state index >= 15 is 0 Å². The Morgan fingerprint density at radius 3 is 2.40 bits per heavy atom. The Balaban J connectivity index is 2.07. The Labute approximate surface area is 209 Å². The van der Waals surface area contributed by atoms with Crippen molar-refractivity contribution in [3.63, 3.8) is 0 Å². The van der Waals surface area contributed by atoms with Gasteiger partial charge in [0.1, 0.15) is 6.29 Å². The van der Waals surface area contributed by atoms with E-state index in [9.17, 15) is 9.59 Å². The highest BCUT2D eigenvalue weighted by atomic mass is 16.2. The smallest absolute Gasteiger partial charge is 0.253 e. The Bertz CT molecular complexity index is 1070. The van der Waals surface area contributed by atoms with Crippen LogP contribution >= 0.6 is 0 Å². The molecule has 0 fully saturated rings. The van der Waals surface area contributed by atoms with E-state index in [-0.39, 0.29) is 5.91 Å². The fraction of sp³-hybridized carbons (Fsp3) is 0.321. The normalized spacial score (nSPS) is 11.9. The van der Waals surface area contributed by atoms with E-state index in [1.807, 2.05) is 76.7 Å². The molecule has 0 saturated heterocycles. The average Bonchev–Trinajstić information content (AvgIpc) is 2.87. The molecule has 0 aliphatic carbocycles. The first-order valence-corrected chi connectivity index (χ1v) is 11.7. The van der Waals surface area contributed by atoms with Crippen LogP contribution in [-0.4, -0.2) is 74.8 Å². The van der Waals surface area contributed by atoms with Gasteiger partial charge in [-0.25, -0.2) is 0 Å². The number of carbonyl (C=O) groups is 2. The zero-order valence-electron chi connectivity index (χ0n) is 21.5. The van der Waals surface area contributed by atoms with Crippen LogP contribution in [0.5, 0.6) is 0 Å². The van der Waals surface area contributed by atoms with Crippen LogP contribution in [0, 0.1) is 0 Å². The first-order chi connectivity index (χ1) is 16.7. The number of rotatable bonds is 13. The molecule has 1 aromatic heterocycles. The van der Waals surface area contributed by atoms with Crippen LogP contribution in [0.2, 0.25) is 0 Å². The molecule has 7 nitrogen and oxygen atoms in total. The van der Waals surface area contributed by atoms with Crippen molar-refractivity contribution in [2.45, 2.75) is 13.3 Å². The summed E-state index contributed by atoms with van der Waals surface area (Å²) < 4.78 is 0. The van der Waals surface area contributed by atoms with E-state index in [2.05, 4.69) is 27.1 Å². The predicted octanol–water partition coefficient (Wildman–Crippen LogP) is 3.53. The molecule has 7 heteroatoms. The third-order valence-electron chi connectivity index (χ3n) is 5.54. The molecule has 0 atom stereocenters. The molecule has 0 unspecified atom stereocenters. The summed E-state index contributed by atoms with van der Waals surface area (Å²) in [5, 5.41) is 6.38. The molecule has 1 heterocycles. The van der Waals surface area contributed by atoms with E-state index in [0.717, 1.165) is 41.9 Å². The molecule has 0 aliphatic heterocycles. The summed E-state index contributed by atoms with van der Waals surface area (Å²) in [6.07, 6.45) is 7.16. The molecule has 2 rings (SSSR count). The lowest BCUT2D eigenvalue weighted by Gasteiger charge is -2.19. The van der Waals surface area contributed by atoms with Gasteiger partial charge in [-0.15, -0.1) is 0 Å². The maximum absolute atomic E-state index is 12.6. The fourth-order valence-corrected chi connectivity index (χ4v) is 3.25. The zero-order valence-corrected chi connectivity index (χ0v) is 21.5. The molecule has 0 radical (unpaired) electrons. The summed E-state index contributed by atoms with van der Waals surface area (Å²) in [7, 11) is 7.68. The summed E-state index contributed by atoms with van der Waals surface area (Å²) in [6.45, 7) is 8.18. The lowest BCUT2D eigenvalue weighted by Crippen LogP contribution is -2.33. The number of allylic oxidation sites excluding steroid dienone is 1. The predicted molar refractivity (Wildman–Crippen MR) is 145 cm³/mol. The monoisotopic (exact) mass is 475 g/mol. The number of nitrogens with one attached hydrogen (secondary N) is 2. The zero-order chi connectivity index (χ0) is 25.8. The first kappa shape index (κ1) is 27.7. The number of amides is 1. The second kappa shape index (κ2) is 14.0. The van der Waals surface area contributed by atoms with Crippen LogP contribution in [0.15, 0.2) is 60.4 Å². The topological polar surface area (TPSA) is 77.6 Å². The molecule has 0 aliphatic rings. The number of benzene rings is 1. The highest BCUT2D eigenvalue weighted by Gasteiger charge is 2.11. The van der Waals surface area contributed by atoms with Gasteiger partial charge >= 0.3 is 0 Å². The average molecular weight is 476 g/mol. The van der Waals surface area contributed by atoms with Gasteiger partial charge in [-0.3, -0.25) is 14.6 Å². The number of carbonyl (C=O) groups excluding carboxylic acids is 2. The van der Waals surface area contributed by atoms with Crippen molar-refractivity contribution in [3.05, 3.63) is 82.8 Å². The lowest BCUT2D eigenvalue weighted by molar-refractivity contribution is -0.104. The van der Waals surface area contributed by atoms with E-state index < -0.39 is 0 Å². The second-order valence-electron chi connectivity index (χ2n) is 8.69. The van der Waals surface area contributed by atoms with Crippen molar-refractivity contribution in [2.75, 3.05) is 47.8 Å². The minimum atomic E-state index is 0.00992. The SMILES string of the molecule is C=C(N/C(CCNC)=C(\C)C=O)c1ccnc(/C=C/c2ccc(C(=O)N(C)CCN(C)C)cc2)c1. The van der Waals surface area contributed by atoms with Crippen molar-refractivity contribution in [1.82, 2.24) is 25.4 Å². The van der Waals surface area contributed by atoms with E-state index in [0.29, 0.717) is 29.8 Å². The van der Waals surface area contributed by atoms with Crippen molar-refractivity contribution < 1.29 is 9.59 Å². The van der Waals surface area contributed by atoms with Crippen LogP contribution in [0.3, 0.4) is 0 Å². The van der Waals surface area contributed by atoms with Gasteiger partial charge in [0.15, 0.2) is 0 Å². The van der Waals surface area contributed by atoms with Crippen LogP contribution < -0.4 is 10.6 Å². The number of nitrogens with zero attached hydrogens (tertiary/aromatic N) is 3. The van der Waals surface area contributed by atoms with E-state index in [1.54, 1.807) is 18.0 Å². The minimum Gasteiger partial charge on any atom is -0.359 e. The quantitative estimate of drug-likeness (QED) is 0.341. The third kappa shape index (κ3) is 8.96. The largest absolute Gasteiger partial charge is 0.359 e. The molecule has 2 N–H and O–H groups in total. The number of aromatic nitrogens is 1. The fourth-order valence-electron chi connectivity index (χ4n) is 3.25. The number of hydrogen-bond donors (Lipinski definition) is 2. The molecule has 2 aromatic rings. The minimum absolute atomic E-state index is 0.00992. The third-order valence-corrected chi connectivity index (χ3v) is 5.54. The van der Waals surface area contributed by atoms with Gasteiger partial charge < -0.3 is 20.4 Å². The Kier molecular flexibility index (Phi) is 11.1. The van der Waals surface area contributed by atoms with E-state index in [1.165, 1.54) is 0 Å². The molecule has 0 spiro atoms. The summed E-state index contributed by atoms with van der Waals surface area (Å²) in [4.78, 5) is 32.0. The number of aldehydes is 1.